The molecule has 0 aromatic rings. The number of aliphatic hydroxyl groups is 2. The Morgan fingerprint density at radius 3 is 2.22 bits per heavy atom. The minimum absolute atomic E-state index is 0.116. The third kappa shape index (κ3) is 3.02. The van der Waals surface area contributed by atoms with Gasteiger partial charge >= 0.3 is 0 Å². The molecule has 0 aromatic carbocycles. The summed E-state index contributed by atoms with van der Waals surface area (Å²) in [6.45, 7) is 1.65. The molecule has 0 unspecified atom stereocenters. The van der Waals surface area contributed by atoms with Crippen LogP contribution in [-0.4, -0.2) is 41.4 Å². The maximum absolute atomic E-state index is 12.4. The second-order valence-corrected chi connectivity index (χ2v) is 5.45. The minimum Gasteiger partial charge on any atom is -0.394 e. The van der Waals surface area contributed by atoms with Crippen molar-refractivity contribution in [1.29, 1.82) is 0 Å². The van der Waals surface area contributed by atoms with E-state index in [1.54, 1.807) is 0 Å². The second kappa shape index (κ2) is 6.50. The lowest BCUT2D eigenvalue weighted by molar-refractivity contribution is -0.136. The number of hydrogen-bond acceptors (Lipinski definition) is 4. The lowest BCUT2D eigenvalue weighted by Gasteiger charge is -2.39. The number of nitrogens with one attached hydrogen (secondary N) is 1. The van der Waals surface area contributed by atoms with Gasteiger partial charge in [-0.1, -0.05) is 26.2 Å². The minimum atomic E-state index is -0.920. The molecule has 0 radical (unpaired) electrons. The maximum Gasteiger partial charge on any atom is 0.228 e. The molecule has 106 valence electrons. The average Bonchev–Trinajstić information content (AvgIpc) is 2.45. The molecule has 1 aliphatic rings. The summed E-state index contributed by atoms with van der Waals surface area (Å²) in [7, 11) is 0. The van der Waals surface area contributed by atoms with Gasteiger partial charge in [-0.25, -0.2) is 0 Å². The van der Waals surface area contributed by atoms with Gasteiger partial charge in [-0.05, 0) is 19.3 Å². The van der Waals surface area contributed by atoms with Crippen LogP contribution in [0.15, 0.2) is 0 Å². The molecule has 18 heavy (non-hydrogen) atoms. The lowest BCUT2D eigenvalue weighted by atomic mass is 9.73. The highest BCUT2D eigenvalue weighted by Crippen LogP contribution is 2.36. The van der Waals surface area contributed by atoms with Gasteiger partial charge < -0.3 is 21.3 Å². The Balaban J connectivity index is 2.78. The van der Waals surface area contributed by atoms with Crippen molar-refractivity contribution < 1.29 is 15.0 Å². The van der Waals surface area contributed by atoms with Crippen molar-refractivity contribution in [2.45, 2.75) is 51.0 Å². The van der Waals surface area contributed by atoms with Crippen LogP contribution < -0.4 is 11.1 Å². The van der Waals surface area contributed by atoms with Crippen LogP contribution >= 0.6 is 0 Å². The van der Waals surface area contributed by atoms with Gasteiger partial charge in [0.2, 0.25) is 5.91 Å². The Bertz CT molecular complexity index is 263. The quantitative estimate of drug-likeness (QED) is 0.545. The number of amides is 1. The number of carbonyl (C=O) groups excluding carboxylic acids is 1. The Hall–Kier alpha value is -0.650. The summed E-state index contributed by atoms with van der Waals surface area (Å²) >= 11 is 0. The SMILES string of the molecule is CCC(CO)(CO)NC(=O)C1(CN)CCCCC1. The van der Waals surface area contributed by atoms with Crippen molar-refractivity contribution in [3.63, 3.8) is 0 Å². The van der Waals surface area contributed by atoms with Gasteiger partial charge in [-0.2, -0.15) is 0 Å². The second-order valence-electron chi connectivity index (χ2n) is 5.45. The summed E-state index contributed by atoms with van der Waals surface area (Å²) in [6.07, 6.45) is 5.27. The van der Waals surface area contributed by atoms with Gasteiger partial charge in [0, 0.05) is 6.54 Å². The highest BCUT2D eigenvalue weighted by molar-refractivity contribution is 5.83. The molecule has 1 rings (SSSR count). The van der Waals surface area contributed by atoms with E-state index in [9.17, 15) is 15.0 Å². The van der Waals surface area contributed by atoms with Crippen LogP contribution in [0.5, 0.6) is 0 Å². The first-order valence-electron chi connectivity index (χ1n) is 6.82. The molecule has 0 bridgehead atoms. The molecule has 1 aliphatic carbocycles. The summed E-state index contributed by atoms with van der Waals surface area (Å²) < 4.78 is 0. The topological polar surface area (TPSA) is 95.6 Å². The molecule has 1 amide bonds. The first-order valence-corrected chi connectivity index (χ1v) is 6.82. The summed E-state index contributed by atoms with van der Waals surface area (Å²) in [5.74, 6) is -0.116. The van der Waals surface area contributed by atoms with E-state index in [2.05, 4.69) is 5.32 Å². The fraction of sp³-hybridized carbons (Fsp3) is 0.923. The monoisotopic (exact) mass is 258 g/mol. The Kier molecular flexibility index (Phi) is 5.56. The third-order valence-electron chi connectivity index (χ3n) is 4.34. The molecule has 0 aliphatic heterocycles. The molecule has 0 aromatic heterocycles. The molecule has 5 heteroatoms. The molecule has 0 saturated heterocycles. The molecule has 5 N–H and O–H groups in total. The van der Waals surface area contributed by atoms with E-state index in [-0.39, 0.29) is 19.1 Å². The first-order chi connectivity index (χ1) is 8.58. The molecule has 1 fully saturated rings. The zero-order chi connectivity index (χ0) is 13.6. The van der Waals surface area contributed by atoms with Gasteiger partial charge in [0.1, 0.15) is 0 Å². The Morgan fingerprint density at radius 1 is 1.28 bits per heavy atom. The lowest BCUT2D eigenvalue weighted by Crippen LogP contribution is -2.59. The van der Waals surface area contributed by atoms with Crippen LogP contribution in [0.2, 0.25) is 0 Å². The van der Waals surface area contributed by atoms with Crippen molar-refractivity contribution in [2.75, 3.05) is 19.8 Å². The zero-order valence-electron chi connectivity index (χ0n) is 11.2. The van der Waals surface area contributed by atoms with Gasteiger partial charge in [-0.3, -0.25) is 4.79 Å². The molecule has 0 spiro atoms. The van der Waals surface area contributed by atoms with E-state index in [0.717, 1.165) is 32.1 Å². The molecule has 5 nitrogen and oxygen atoms in total. The smallest absolute Gasteiger partial charge is 0.228 e. The number of hydrogen-bond donors (Lipinski definition) is 4. The predicted molar refractivity (Wildman–Crippen MR) is 69.9 cm³/mol. The molecule has 0 atom stereocenters. The van der Waals surface area contributed by atoms with Crippen molar-refractivity contribution in [3.8, 4) is 0 Å². The first kappa shape index (κ1) is 15.4. The van der Waals surface area contributed by atoms with Crippen molar-refractivity contribution in [3.05, 3.63) is 0 Å². The van der Waals surface area contributed by atoms with Crippen molar-refractivity contribution >= 4 is 5.91 Å². The third-order valence-corrected chi connectivity index (χ3v) is 4.34. The van der Waals surface area contributed by atoms with E-state index < -0.39 is 11.0 Å². The Labute approximate surface area is 109 Å². The van der Waals surface area contributed by atoms with E-state index in [4.69, 9.17) is 5.73 Å². The number of nitrogens with two attached hydrogens (primary N) is 1. The Morgan fingerprint density at radius 2 is 1.83 bits per heavy atom. The van der Waals surface area contributed by atoms with Crippen LogP contribution in [0.4, 0.5) is 0 Å². The fourth-order valence-corrected chi connectivity index (χ4v) is 2.57. The van der Waals surface area contributed by atoms with Gasteiger partial charge in [0.25, 0.3) is 0 Å². The van der Waals surface area contributed by atoms with Crippen LogP contribution in [0.1, 0.15) is 45.4 Å². The number of aliphatic hydroxyl groups excluding tert-OH is 2. The highest BCUT2D eigenvalue weighted by atomic mass is 16.3. The van der Waals surface area contributed by atoms with E-state index >= 15 is 0 Å². The molecular weight excluding hydrogens is 232 g/mol. The summed E-state index contributed by atoms with van der Waals surface area (Å²) in [6, 6.07) is 0. The summed E-state index contributed by atoms with van der Waals surface area (Å²) in [4.78, 5) is 12.4. The fourth-order valence-electron chi connectivity index (χ4n) is 2.57. The van der Waals surface area contributed by atoms with Crippen molar-refractivity contribution in [2.24, 2.45) is 11.1 Å². The van der Waals surface area contributed by atoms with Gasteiger partial charge in [0.05, 0.1) is 24.2 Å². The molecule has 0 heterocycles. The van der Waals surface area contributed by atoms with Gasteiger partial charge in [-0.15, -0.1) is 0 Å². The van der Waals surface area contributed by atoms with Crippen molar-refractivity contribution in [1.82, 2.24) is 5.32 Å². The average molecular weight is 258 g/mol. The highest BCUT2D eigenvalue weighted by Gasteiger charge is 2.41. The number of rotatable bonds is 6. The summed E-state index contributed by atoms with van der Waals surface area (Å²) in [5, 5.41) is 21.6. The van der Waals surface area contributed by atoms with Crippen LogP contribution in [0, 0.1) is 5.41 Å². The zero-order valence-corrected chi connectivity index (χ0v) is 11.2. The van der Waals surface area contributed by atoms with Crippen LogP contribution in [-0.2, 0) is 4.79 Å². The largest absolute Gasteiger partial charge is 0.394 e. The summed E-state index contributed by atoms with van der Waals surface area (Å²) in [5.41, 5.74) is 4.37. The molecular formula is C13H26N2O3. The van der Waals surface area contributed by atoms with E-state index in [1.807, 2.05) is 6.92 Å². The van der Waals surface area contributed by atoms with Crippen LogP contribution in [0.3, 0.4) is 0 Å². The molecule has 1 saturated carbocycles. The maximum atomic E-state index is 12.4. The predicted octanol–water partition coefficient (Wildman–Crippen LogP) is 0.145. The van der Waals surface area contributed by atoms with Crippen LogP contribution in [0.25, 0.3) is 0 Å². The van der Waals surface area contributed by atoms with E-state index in [0.29, 0.717) is 13.0 Å². The van der Waals surface area contributed by atoms with Gasteiger partial charge in [0.15, 0.2) is 0 Å². The normalized spacial score (nSPS) is 19.6. The van der Waals surface area contributed by atoms with E-state index in [1.165, 1.54) is 0 Å². The number of carbonyl (C=O) groups is 1. The standard InChI is InChI=1S/C13H26N2O3/c1-2-13(9-16,10-17)15-11(18)12(8-14)6-4-3-5-7-12/h16-17H,2-10,14H2,1H3,(H,15,18).